The molecule has 2 N–H and O–H groups in total. The zero-order valence-corrected chi connectivity index (χ0v) is 13.0. The van der Waals surface area contributed by atoms with E-state index in [0.717, 1.165) is 5.75 Å². The standard InChI is InChI=1S/C16H19NS2/c1-10-3-4-11(2)13(7-10)16(17)15-8-12-9-18-6-5-14(12)19-15/h3-4,7-8,16H,5-6,9,17H2,1-2H3. The molecule has 1 atom stereocenters. The maximum Gasteiger partial charge on any atom is 0.0648 e. The molecule has 1 aromatic heterocycles. The highest BCUT2D eigenvalue weighted by Crippen LogP contribution is 2.36. The van der Waals surface area contributed by atoms with E-state index in [1.165, 1.54) is 39.3 Å². The summed E-state index contributed by atoms with van der Waals surface area (Å²) in [7, 11) is 0. The molecule has 1 unspecified atom stereocenters. The quantitative estimate of drug-likeness (QED) is 0.896. The van der Waals surface area contributed by atoms with Crippen LogP contribution in [0.5, 0.6) is 0 Å². The number of thiophene rings is 1. The van der Waals surface area contributed by atoms with Gasteiger partial charge in [0.05, 0.1) is 6.04 Å². The van der Waals surface area contributed by atoms with Crippen molar-refractivity contribution in [1.82, 2.24) is 0 Å². The number of rotatable bonds is 2. The van der Waals surface area contributed by atoms with Gasteiger partial charge < -0.3 is 5.73 Å². The second kappa shape index (κ2) is 5.31. The lowest BCUT2D eigenvalue weighted by Gasteiger charge is -2.14. The molecule has 0 saturated carbocycles. The SMILES string of the molecule is Cc1ccc(C)c(C(N)c2cc3c(s2)CCSC3)c1. The molecular weight excluding hydrogens is 270 g/mol. The normalized spacial score (nSPS) is 16.2. The first kappa shape index (κ1) is 13.2. The van der Waals surface area contributed by atoms with E-state index in [9.17, 15) is 0 Å². The van der Waals surface area contributed by atoms with Gasteiger partial charge in [0.2, 0.25) is 0 Å². The average molecular weight is 289 g/mol. The Kier molecular flexibility index (Phi) is 3.70. The average Bonchev–Trinajstić information content (AvgIpc) is 2.84. The molecule has 100 valence electrons. The van der Waals surface area contributed by atoms with Crippen LogP contribution in [0, 0.1) is 13.8 Å². The monoisotopic (exact) mass is 289 g/mol. The topological polar surface area (TPSA) is 26.0 Å². The minimum absolute atomic E-state index is 0.0282. The molecule has 0 saturated heterocycles. The Balaban J connectivity index is 1.97. The zero-order valence-electron chi connectivity index (χ0n) is 11.4. The van der Waals surface area contributed by atoms with Crippen LogP contribution in [0.4, 0.5) is 0 Å². The number of thioether (sulfide) groups is 1. The van der Waals surface area contributed by atoms with E-state index in [0.29, 0.717) is 0 Å². The van der Waals surface area contributed by atoms with E-state index in [4.69, 9.17) is 5.73 Å². The van der Waals surface area contributed by atoms with E-state index < -0.39 is 0 Å². The second-order valence-electron chi connectivity index (χ2n) is 5.24. The van der Waals surface area contributed by atoms with Crippen molar-refractivity contribution in [3.8, 4) is 0 Å². The summed E-state index contributed by atoms with van der Waals surface area (Å²) in [6.45, 7) is 4.28. The van der Waals surface area contributed by atoms with Crippen LogP contribution in [-0.2, 0) is 12.2 Å². The van der Waals surface area contributed by atoms with Gasteiger partial charge in [0, 0.05) is 15.5 Å². The van der Waals surface area contributed by atoms with Gasteiger partial charge in [-0.3, -0.25) is 0 Å². The third kappa shape index (κ3) is 2.60. The Labute approximate surface area is 123 Å². The van der Waals surface area contributed by atoms with Crippen molar-refractivity contribution in [2.75, 3.05) is 5.75 Å². The summed E-state index contributed by atoms with van der Waals surface area (Å²) in [4.78, 5) is 2.87. The van der Waals surface area contributed by atoms with Crippen molar-refractivity contribution >= 4 is 23.1 Å². The fourth-order valence-corrected chi connectivity index (χ4v) is 4.97. The Morgan fingerprint density at radius 3 is 2.84 bits per heavy atom. The van der Waals surface area contributed by atoms with Gasteiger partial charge in [-0.1, -0.05) is 23.8 Å². The van der Waals surface area contributed by atoms with Crippen molar-refractivity contribution in [1.29, 1.82) is 0 Å². The molecule has 3 heteroatoms. The lowest BCUT2D eigenvalue weighted by molar-refractivity contribution is 0.879. The minimum atomic E-state index is 0.0282. The molecule has 1 aliphatic rings. The van der Waals surface area contributed by atoms with Gasteiger partial charge >= 0.3 is 0 Å². The van der Waals surface area contributed by atoms with Crippen LogP contribution in [0.15, 0.2) is 24.3 Å². The van der Waals surface area contributed by atoms with Gasteiger partial charge in [0.1, 0.15) is 0 Å². The van der Waals surface area contributed by atoms with E-state index in [2.05, 4.69) is 38.1 Å². The van der Waals surface area contributed by atoms with Crippen molar-refractivity contribution in [2.45, 2.75) is 32.1 Å². The largest absolute Gasteiger partial charge is 0.320 e. The van der Waals surface area contributed by atoms with Gasteiger partial charge in [-0.25, -0.2) is 0 Å². The third-order valence-corrected chi connectivity index (χ3v) is 6.05. The highest BCUT2D eigenvalue weighted by Gasteiger charge is 2.19. The van der Waals surface area contributed by atoms with Crippen molar-refractivity contribution < 1.29 is 0 Å². The molecule has 19 heavy (non-hydrogen) atoms. The molecule has 0 amide bonds. The first-order valence-corrected chi connectivity index (χ1v) is 8.64. The molecular formula is C16H19NS2. The smallest absolute Gasteiger partial charge is 0.0648 e. The van der Waals surface area contributed by atoms with Crippen molar-refractivity contribution in [3.63, 3.8) is 0 Å². The molecule has 0 spiro atoms. The lowest BCUT2D eigenvalue weighted by Crippen LogP contribution is -2.12. The van der Waals surface area contributed by atoms with Gasteiger partial charge in [-0.15, -0.1) is 11.3 Å². The summed E-state index contributed by atoms with van der Waals surface area (Å²) < 4.78 is 0. The summed E-state index contributed by atoms with van der Waals surface area (Å²) in [5.41, 5.74) is 11.9. The minimum Gasteiger partial charge on any atom is -0.320 e. The number of fused-ring (bicyclic) bond motifs is 1. The number of benzene rings is 1. The molecule has 0 radical (unpaired) electrons. The van der Waals surface area contributed by atoms with Gasteiger partial charge in [-0.2, -0.15) is 11.8 Å². The van der Waals surface area contributed by atoms with Gasteiger partial charge in [0.25, 0.3) is 0 Å². The van der Waals surface area contributed by atoms with E-state index >= 15 is 0 Å². The summed E-state index contributed by atoms with van der Waals surface area (Å²) in [6.07, 6.45) is 1.21. The molecule has 2 aromatic rings. The number of nitrogens with two attached hydrogens (primary N) is 1. The van der Waals surface area contributed by atoms with Crippen LogP contribution in [-0.4, -0.2) is 5.75 Å². The van der Waals surface area contributed by atoms with Crippen molar-refractivity contribution in [2.24, 2.45) is 5.73 Å². The maximum absolute atomic E-state index is 6.50. The number of aryl methyl sites for hydroxylation is 3. The first-order chi connectivity index (χ1) is 9.15. The summed E-state index contributed by atoms with van der Waals surface area (Å²) >= 11 is 3.94. The van der Waals surface area contributed by atoms with Crippen LogP contribution in [0.2, 0.25) is 0 Å². The fourth-order valence-electron chi connectivity index (χ4n) is 2.57. The molecule has 0 fully saturated rings. The fraction of sp³-hybridized carbons (Fsp3) is 0.375. The molecule has 1 aromatic carbocycles. The molecule has 2 heterocycles. The van der Waals surface area contributed by atoms with Crippen molar-refractivity contribution in [3.05, 3.63) is 56.3 Å². The highest BCUT2D eigenvalue weighted by atomic mass is 32.2. The lowest BCUT2D eigenvalue weighted by atomic mass is 9.98. The van der Waals surface area contributed by atoms with Crippen LogP contribution in [0.25, 0.3) is 0 Å². The molecule has 0 bridgehead atoms. The maximum atomic E-state index is 6.50. The molecule has 1 nitrogen and oxygen atoms in total. The van der Waals surface area contributed by atoms with Gasteiger partial charge in [-0.05, 0) is 48.8 Å². The van der Waals surface area contributed by atoms with Gasteiger partial charge in [0.15, 0.2) is 0 Å². The second-order valence-corrected chi connectivity index (χ2v) is 7.51. The first-order valence-electron chi connectivity index (χ1n) is 6.67. The Morgan fingerprint density at radius 1 is 1.21 bits per heavy atom. The molecule has 1 aliphatic heterocycles. The number of hydrogen-bond donors (Lipinski definition) is 1. The van der Waals surface area contributed by atoms with E-state index in [1.54, 1.807) is 4.88 Å². The molecule has 3 rings (SSSR count). The van der Waals surface area contributed by atoms with E-state index in [-0.39, 0.29) is 6.04 Å². The van der Waals surface area contributed by atoms with Crippen LogP contribution < -0.4 is 5.73 Å². The summed E-state index contributed by atoms with van der Waals surface area (Å²) in [5.74, 6) is 2.41. The van der Waals surface area contributed by atoms with Crippen LogP contribution in [0.1, 0.15) is 38.0 Å². The predicted molar refractivity (Wildman–Crippen MR) is 86.1 cm³/mol. The Bertz CT molecular complexity index is 577. The Hall–Kier alpha value is -0.770. The van der Waals surface area contributed by atoms with E-state index in [1.807, 2.05) is 23.1 Å². The summed E-state index contributed by atoms with van der Waals surface area (Å²) in [6, 6.07) is 8.92. The Morgan fingerprint density at radius 2 is 2.05 bits per heavy atom. The summed E-state index contributed by atoms with van der Waals surface area (Å²) in [5, 5.41) is 0. The number of hydrogen-bond acceptors (Lipinski definition) is 3. The predicted octanol–water partition coefficient (Wildman–Crippen LogP) is 4.20. The highest BCUT2D eigenvalue weighted by molar-refractivity contribution is 7.98. The van der Waals surface area contributed by atoms with Crippen LogP contribution in [0.3, 0.4) is 0 Å². The zero-order chi connectivity index (χ0) is 13.4. The van der Waals surface area contributed by atoms with Crippen LogP contribution >= 0.6 is 23.1 Å². The molecule has 0 aliphatic carbocycles. The third-order valence-electron chi connectivity index (χ3n) is 3.72.